The molecule has 3 aromatic rings. The first-order valence-electron chi connectivity index (χ1n) is 17.5. The van der Waals surface area contributed by atoms with Gasteiger partial charge in [-0.1, -0.05) is 57.5 Å². The van der Waals surface area contributed by atoms with Crippen LogP contribution in [-0.2, 0) is 20.8 Å². The van der Waals surface area contributed by atoms with E-state index in [2.05, 4.69) is 36.1 Å². The Hall–Kier alpha value is -4.74. The number of nitrogens with one attached hydrogen (secondary N) is 2. The Morgan fingerprint density at radius 3 is 2.52 bits per heavy atom. The molecule has 1 aromatic heterocycles. The van der Waals surface area contributed by atoms with Gasteiger partial charge in [0.2, 0.25) is 11.8 Å². The molecule has 0 spiro atoms. The number of carbonyl (C=O) groups excluding carboxylic acids is 3. The molecule has 1 atom stereocenters. The molecule has 5 rings (SSSR count). The SMILES string of the molecule is C=C1N(C)C=C(C(=O)Nc2cccc(-c3c(F)ccc(-c4cc5c(c(OC)n4)C(N(C)CCCC)CC5)c3Cl)c2C)C(=O)N1C.CNC(=O)C(C)C. The number of aryl methyl sites for hydroxylation is 1. The van der Waals surface area contributed by atoms with Crippen LogP contribution < -0.4 is 15.4 Å². The summed E-state index contributed by atoms with van der Waals surface area (Å²) in [5, 5.41) is 5.55. The van der Waals surface area contributed by atoms with Crippen LogP contribution in [0.25, 0.3) is 22.4 Å². The number of likely N-dealkylation sites (N-methyl/N-ethyl adjacent to an activating group) is 1. The number of rotatable bonds is 10. The zero-order valence-electron chi connectivity index (χ0n) is 31.6. The van der Waals surface area contributed by atoms with Crippen molar-refractivity contribution < 1.29 is 23.5 Å². The molecular weight excluding hydrogens is 683 g/mol. The van der Waals surface area contributed by atoms with Gasteiger partial charge in [0.05, 0.1) is 17.8 Å². The van der Waals surface area contributed by atoms with Crippen molar-refractivity contribution in [2.45, 2.75) is 59.4 Å². The van der Waals surface area contributed by atoms with Crippen molar-refractivity contribution in [1.29, 1.82) is 0 Å². The summed E-state index contributed by atoms with van der Waals surface area (Å²) >= 11 is 6.99. The Morgan fingerprint density at radius 1 is 1.19 bits per heavy atom. The number of aromatic nitrogens is 1. The molecule has 0 fully saturated rings. The van der Waals surface area contributed by atoms with Crippen LogP contribution in [0.15, 0.2) is 60.6 Å². The summed E-state index contributed by atoms with van der Waals surface area (Å²) in [4.78, 5) is 46.5. The summed E-state index contributed by atoms with van der Waals surface area (Å²) in [7, 11) is 8.67. The first-order chi connectivity index (χ1) is 24.7. The zero-order chi connectivity index (χ0) is 38.4. The van der Waals surface area contributed by atoms with Gasteiger partial charge >= 0.3 is 0 Å². The summed E-state index contributed by atoms with van der Waals surface area (Å²) in [6.45, 7) is 12.5. The number of nitrogens with zero attached hydrogens (tertiary/aromatic N) is 4. The molecule has 2 aliphatic rings. The van der Waals surface area contributed by atoms with Crippen LogP contribution in [0.5, 0.6) is 5.88 Å². The molecule has 0 bridgehead atoms. The number of halogens is 2. The number of benzene rings is 2. The van der Waals surface area contributed by atoms with E-state index in [1.807, 2.05) is 19.9 Å². The molecule has 0 radical (unpaired) electrons. The maximum absolute atomic E-state index is 15.6. The minimum atomic E-state index is -0.583. The molecule has 278 valence electrons. The lowest BCUT2D eigenvalue weighted by molar-refractivity contribution is -0.128. The average molecular weight is 733 g/mol. The minimum absolute atomic E-state index is 0.0427. The predicted octanol–water partition coefficient (Wildman–Crippen LogP) is 7.33. The van der Waals surface area contributed by atoms with Gasteiger partial charge in [-0.2, -0.15) is 0 Å². The van der Waals surface area contributed by atoms with Gasteiger partial charge in [0.25, 0.3) is 11.8 Å². The minimum Gasteiger partial charge on any atom is -0.481 e. The average Bonchev–Trinajstić information content (AvgIpc) is 3.56. The van der Waals surface area contributed by atoms with E-state index >= 15 is 4.39 Å². The van der Waals surface area contributed by atoms with Crippen molar-refractivity contribution in [3.63, 3.8) is 0 Å². The molecule has 12 heteroatoms. The number of anilines is 1. The molecule has 0 saturated heterocycles. The van der Waals surface area contributed by atoms with Crippen LogP contribution in [0.1, 0.15) is 62.8 Å². The fraction of sp³-hybridized carbons (Fsp3) is 0.400. The van der Waals surface area contributed by atoms with Crippen molar-refractivity contribution in [1.82, 2.24) is 25.0 Å². The Bertz CT molecular complexity index is 1890. The maximum atomic E-state index is 15.6. The van der Waals surface area contributed by atoms with Crippen LogP contribution in [0.4, 0.5) is 10.1 Å². The highest BCUT2D eigenvalue weighted by Gasteiger charge is 2.32. The predicted molar refractivity (Wildman–Crippen MR) is 205 cm³/mol. The smallest absolute Gasteiger partial charge is 0.266 e. The molecule has 2 N–H and O–H groups in total. The van der Waals surface area contributed by atoms with E-state index in [0.29, 0.717) is 39.8 Å². The third-order valence-corrected chi connectivity index (χ3v) is 10.00. The zero-order valence-corrected chi connectivity index (χ0v) is 32.4. The fourth-order valence-electron chi connectivity index (χ4n) is 6.41. The number of methoxy groups -OCH3 is 1. The normalized spacial score (nSPS) is 15.3. The number of ether oxygens (including phenoxy) is 1. The molecule has 2 heterocycles. The van der Waals surface area contributed by atoms with Crippen LogP contribution in [0.3, 0.4) is 0 Å². The van der Waals surface area contributed by atoms with E-state index < -0.39 is 17.6 Å². The van der Waals surface area contributed by atoms with Crippen molar-refractivity contribution in [3.05, 3.63) is 88.1 Å². The van der Waals surface area contributed by atoms with Crippen LogP contribution in [-0.4, -0.2) is 79.3 Å². The second kappa shape index (κ2) is 17.2. The molecule has 52 heavy (non-hydrogen) atoms. The van der Waals surface area contributed by atoms with E-state index in [4.69, 9.17) is 21.3 Å². The van der Waals surface area contributed by atoms with Crippen molar-refractivity contribution >= 4 is 35.0 Å². The maximum Gasteiger partial charge on any atom is 0.266 e. The monoisotopic (exact) mass is 732 g/mol. The summed E-state index contributed by atoms with van der Waals surface area (Å²) in [6.07, 6.45) is 5.55. The van der Waals surface area contributed by atoms with Gasteiger partial charge in [0.1, 0.15) is 17.2 Å². The highest BCUT2D eigenvalue weighted by atomic mass is 35.5. The number of amides is 3. The van der Waals surface area contributed by atoms with E-state index in [1.54, 1.807) is 64.3 Å². The Labute approximate surface area is 311 Å². The first-order valence-corrected chi connectivity index (χ1v) is 17.8. The Morgan fingerprint density at radius 2 is 1.90 bits per heavy atom. The second-order valence-electron chi connectivity index (χ2n) is 13.4. The van der Waals surface area contributed by atoms with Gasteiger partial charge in [-0.25, -0.2) is 9.37 Å². The summed E-state index contributed by atoms with van der Waals surface area (Å²) in [6, 6.07) is 10.4. The lowest BCUT2D eigenvalue weighted by Gasteiger charge is -2.31. The standard InChI is InChI=1S/C35H39ClFN5O3.C5H11NO/c1-8-9-17-40(4)29-16-13-22-18-28(39-34(45-7)30(22)29)24-14-15-26(37)31(32(24)36)23-11-10-12-27(20(23)2)38-33(43)25-19-41(5)21(3)42(6)35(25)44;1-4(2)5(7)6-3/h10-12,14-15,18-19,29H,3,8-9,13,16-17H2,1-2,4-7H3,(H,38,43);4H,1-3H3,(H,6,7). The molecule has 0 saturated carbocycles. The van der Waals surface area contributed by atoms with Crippen molar-refractivity contribution in [2.24, 2.45) is 5.92 Å². The number of fused-ring (bicyclic) bond motifs is 1. The molecular formula is C40H50ClFN6O4. The topological polar surface area (TPSA) is 107 Å². The van der Waals surface area contributed by atoms with Gasteiger partial charge < -0.3 is 20.3 Å². The third kappa shape index (κ3) is 8.32. The second-order valence-corrected chi connectivity index (χ2v) is 13.8. The Balaban J connectivity index is 0.000000785. The molecule has 1 aliphatic carbocycles. The molecule has 1 aliphatic heterocycles. The largest absolute Gasteiger partial charge is 0.481 e. The summed E-state index contributed by atoms with van der Waals surface area (Å²) in [5.41, 5.74) is 5.13. The van der Waals surface area contributed by atoms with Gasteiger partial charge in [0.15, 0.2) is 0 Å². The van der Waals surface area contributed by atoms with Gasteiger partial charge in [-0.3, -0.25) is 24.2 Å². The highest BCUT2D eigenvalue weighted by molar-refractivity contribution is 6.36. The van der Waals surface area contributed by atoms with Gasteiger partial charge in [-0.05, 0) is 80.7 Å². The lowest BCUT2D eigenvalue weighted by Crippen LogP contribution is -2.41. The number of hydrogen-bond donors (Lipinski definition) is 2. The van der Waals surface area contributed by atoms with Crippen LogP contribution in [0.2, 0.25) is 5.02 Å². The van der Waals surface area contributed by atoms with Crippen molar-refractivity contribution in [2.75, 3.05) is 47.2 Å². The molecule has 10 nitrogen and oxygen atoms in total. The van der Waals surface area contributed by atoms with E-state index in [-0.39, 0.29) is 34.0 Å². The quantitative estimate of drug-likeness (QED) is 0.210. The number of unbranched alkanes of at least 4 members (excludes halogenated alkanes) is 1. The Kier molecular flexibility index (Phi) is 13.2. The highest BCUT2D eigenvalue weighted by Crippen LogP contribution is 2.45. The number of hydrogen-bond acceptors (Lipinski definition) is 7. The molecule has 1 unspecified atom stereocenters. The van der Waals surface area contributed by atoms with E-state index in [9.17, 15) is 14.4 Å². The molecule has 2 aromatic carbocycles. The first kappa shape index (κ1) is 40.0. The van der Waals surface area contributed by atoms with Gasteiger partial charge in [-0.15, -0.1) is 0 Å². The van der Waals surface area contributed by atoms with E-state index in [0.717, 1.165) is 43.4 Å². The summed E-state index contributed by atoms with van der Waals surface area (Å²) < 4.78 is 21.4. The number of carbonyl (C=O) groups is 3. The van der Waals surface area contributed by atoms with Crippen molar-refractivity contribution in [3.8, 4) is 28.3 Å². The van der Waals surface area contributed by atoms with Gasteiger partial charge in [0, 0.05) is 61.7 Å². The van der Waals surface area contributed by atoms with E-state index in [1.165, 1.54) is 17.2 Å². The number of pyridine rings is 1. The fourth-order valence-corrected chi connectivity index (χ4v) is 6.76. The lowest BCUT2D eigenvalue weighted by atomic mass is 9.95. The summed E-state index contributed by atoms with van der Waals surface area (Å²) in [5.74, 6) is -0.336. The van der Waals surface area contributed by atoms with Crippen LogP contribution in [0, 0.1) is 18.7 Å². The van der Waals surface area contributed by atoms with Crippen LogP contribution >= 0.6 is 11.6 Å². The third-order valence-electron chi connectivity index (χ3n) is 9.61. The molecule has 3 amide bonds.